The van der Waals surface area contributed by atoms with E-state index >= 15 is 0 Å². The maximum Gasteiger partial charge on any atom is 0.472 e. The van der Waals surface area contributed by atoms with Crippen LogP contribution in [0.15, 0.2) is 0 Å². The largest absolute Gasteiger partial charge is 0.472 e. The number of aliphatic hydroxyl groups is 1. The molecule has 0 rings (SSSR count). The first-order chi connectivity index (χ1) is 45.5. The van der Waals surface area contributed by atoms with Crippen LogP contribution in [0.1, 0.15) is 394 Å². The number of phosphoric ester groups is 2. The minimum Gasteiger partial charge on any atom is -0.462 e. The Hall–Kier alpha value is -1.94. The van der Waals surface area contributed by atoms with Crippen molar-refractivity contribution in [3.63, 3.8) is 0 Å². The second-order valence-electron chi connectivity index (χ2n) is 27.5. The summed E-state index contributed by atoms with van der Waals surface area (Å²) in [6.07, 6.45) is 57.2. The number of unbranched alkanes of at least 4 members (excludes halogenated alkanes) is 47. The number of rotatable bonds is 75. The van der Waals surface area contributed by atoms with E-state index in [4.69, 9.17) is 37.0 Å². The van der Waals surface area contributed by atoms with Crippen molar-refractivity contribution in [1.82, 2.24) is 0 Å². The normalized spacial score (nSPS) is 14.0. The number of hydrogen-bond donors (Lipinski definition) is 3. The molecule has 0 spiro atoms. The molecular formula is C75H146O17P2. The number of esters is 4. The highest BCUT2D eigenvalue weighted by Crippen LogP contribution is 2.45. The molecule has 0 saturated heterocycles. The van der Waals surface area contributed by atoms with Crippen molar-refractivity contribution < 1.29 is 80.2 Å². The molecule has 0 aromatic carbocycles. The van der Waals surface area contributed by atoms with Crippen LogP contribution in [-0.4, -0.2) is 96.7 Å². The number of phosphoric acid groups is 2. The second kappa shape index (κ2) is 68.2. The summed E-state index contributed by atoms with van der Waals surface area (Å²) in [6.45, 7) is 7.21. The zero-order valence-electron chi connectivity index (χ0n) is 61.1. The van der Waals surface area contributed by atoms with Crippen LogP contribution in [0.3, 0.4) is 0 Å². The van der Waals surface area contributed by atoms with Gasteiger partial charge in [0.25, 0.3) is 0 Å². The maximum atomic E-state index is 13.1. The fourth-order valence-electron chi connectivity index (χ4n) is 11.5. The number of carbonyl (C=O) groups is 4. The molecule has 0 amide bonds. The first kappa shape index (κ1) is 92.1. The average molecular weight is 1380 g/mol. The predicted octanol–water partition coefficient (Wildman–Crippen LogP) is 22.1. The zero-order chi connectivity index (χ0) is 69.1. The molecule has 0 aliphatic carbocycles. The monoisotopic (exact) mass is 1380 g/mol. The van der Waals surface area contributed by atoms with Gasteiger partial charge in [0, 0.05) is 25.7 Å². The molecule has 17 nitrogen and oxygen atoms in total. The van der Waals surface area contributed by atoms with Crippen molar-refractivity contribution >= 4 is 39.5 Å². The van der Waals surface area contributed by atoms with Crippen LogP contribution >= 0.6 is 15.6 Å². The highest BCUT2D eigenvalue weighted by atomic mass is 31.2. The molecule has 0 aromatic heterocycles. The summed E-state index contributed by atoms with van der Waals surface area (Å²) in [4.78, 5) is 72.6. The molecule has 5 atom stereocenters. The number of hydrogen-bond acceptors (Lipinski definition) is 15. The van der Waals surface area contributed by atoms with Gasteiger partial charge in [-0.15, -0.1) is 0 Å². The van der Waals surface area contributed by atoms with E-state index in [2.05, 4.69) is 34.6 Å². The van der Waals surface area contributed by atoms with Crippen LogP contribution in [0.2, 0.25) is 0 Å². The average Bonchev–Trinajstić information content (AvgIpc) is 1.35. The standard InChI is InChI=1S/C75H146O17P2/c1-6-9-12-15-18-21-23-25-26-27-28-29-30-31-32-33-35-37-39-45-50-55-60-74(79)91-71(65-86-73(78)59-54-49-44-38-36-34-24-22-19-16-13-10-7-2)67-90-94(83,84)88-63-69(76)62-87-93(81,82)89-66-70(64-85-72(77)58-53-48-43-20-17-14-11-8-3)92-75(80)61-56-51-46-41-40-42-47-52-57-68(4)5/h68-71,76H,6-67H2,1-5H3,(H,81,82)(H,83,84)/t69-,70+,71+/m0/s1. The molecule has 0 aliphatic heterocycles. The van der Waals surface area contributed by atoms with Crippen molar-refractivity contribution in [1.29, 1.82) is 0 Å². The van der Waals surface area contributed by atoms with E-state index in [-0.39, 0.29) is 25.7 Å². The topological polar surface area (TPSA) is 237 Å². The van der Waals surface area contributed by atoms with E-state index in [0.717, 1.165) is 102 Å². The lowest BCUT2D eigenvalue weighted by molar-refractivity contribution is -0.161. The highest BCUT2D eigenvalue weighted by Gasteiger charge is 2.30. The lowest BCUT2D eigenvalue weighted by Gasteiger charge is -2.21. The van der Waals surface area contributed by atoms with Crippen LogP contribution < -0.4 is 0 Å². The van der Waals surface area contributed by atoms with Crippen LogP contribution in [0.4, 0.5) is 0 Å². The number of aliphatic hydroxyl groups excluding tert-OH is 1. The molecule has 0 saturated carbocycles. The first-order valence-electron chi connectivity index (χ1n) is 39.1. The quantitative estimate of drug-likeness (QED) is 0.0222. The Bertz CT molecular complexity index is 1810. The van der Waals surface area contributed by atoms with Gasteiger partial charge in [0.05, 0.1) is 26.4 Å². The van der Waals surface area contributed by atoms with E-state index in [9.17, 15) is 43.2 Å². The van der Waals surface area contributed by atoms with Gasteiger partial charge in [0.2, 0.25) is 0 Å². The molecule has 19 heteroatoms. The molecule has 94 heavy (non-hydrogen) atoms. The van der Waals surface area contributed by atoms with E-state index in [1.165, 1.54) is 212 Å². The molecule has 558 valence electrons. The van der Waals surface area contributed by atoms with E-state index in [1.54, 1.807) is 0 Å². The van der Waals surface area contributed by atoms with Gasteiger partial charge in [-0.3, -0.25) is 37.3 Å². The molecule has 0 fully saturated rings. The Morgan fingerprint density at radius 3 is 0.723 bits per heavy atom. The summed E-state index contributed by atoms with van der Waals surface area (Å²) in [5, 5.41) is 10.6. The van der Waals surface area contributed by atoms with Gasteiger partial charge < -0.3 is 33.8 Å². The van der Waals surface area contributed by atoms with Crippen molar-refractivity contribution in [2.75, 3.05) is 39.6 Å². The Labute approximate surface area is 575 Å². The fraction of sp³-hybridized carbons (Fsp3) is 0.947. The second-order valence-corrected chi connectivity index (χ2v) is 30.4. The molecule has 2 unspecified atom stereocenters. The smallest absolute Gasteiger partial charge is 0.462 e. The first-order valence-corrected chi connectivity index (χ1v) is 42.1. The summed E-state index contributed by atoms with van der Waals surface area (Å²) in [7, 11) is -9.90. The Kier molecular flexibility index (Phi) is 66.8. The molecular weight excluding hydrogens is 1230 g/mol. The lowest BCUT2D eigenvalue weighted by Crippen LogP contribution is -2.30. The van der Waals surface area contributed by atoms with Gasteiger partial charge in [-0.05, 0) is 31.6 Å². The summed E-state index contributed by atoms with van der Waals surface area (Å²) < 4.78 is 68.4. The van der Waals surface area contributed by atoms with Gasteiger partial charge >= 0.3 is 39.5 Å². The molecule has 0 radical (unpaired) electrons. The Balaban J connectivity index is 5.15. The number of ether oxygens (including phenoxy) is 4. The highest BCUT2D eigenvalue weighted by molar-refractivity contribution is 7.47. The fourth-order valence-corrected chi connectivity index (χ4v) is 13.1. The predicted molar refractivity (Wildman–Crippen MR) is 382 cm³/mol. The van der Waals surface area contributed by atoms with Crippen molar-refractivity contribution in [2.45, 2.75) is 412 Å². The van der Waals surface area contributed by atoms with Crippen LogP contribution in [0, 0.1) is 5.92 Å². The molecule has 0 heterocycles. The molecule has 0 bridgehead atoms. The van der Waals surface area contributed by atoms with E-state index in [0.29, 0.717) is 25.7 Å². The van der Waals surface area contributed by atoms with Crippen molar-refractivity contribution in [3.05, 3.63) is 0 Å². The third-order valence-corrected chi connectivity index (χ3v) is 19.4. The third kappa shape index (κ3) is 68.6. The van der Waals surface area contributed by atoms with Crippen molar-refractivity contribution in [2.24, 2.45) is 5.92 Å². The summed E-state index contributed by atoms with van der Waals surface area (Å²) in [5.41, 5.74) is 0. The minimum atomic E-state index is -4.95. The van der Waals surface area contributed by atoms with Crippen LogP contribution in [0.5, 0.6) is 0 Å². The Morgan fingerprint density at radius 1 is 0.287 bits per heavy atom. The third-order valence-electron chi connectivity index (χ3n) is 17.5. The molecule has 3 N–H and O–H groups in total. The summed E-state index contributed by atoms with van der Waals surface area (Å²) >= 11 is 0. The van der Waals surface area contributed by atoms with Gasteiger partial charge in [-0.2, -0.15) is 0 Å². The van der Waals surface area contributed by atoms with E-state index in [1.807, 2.05) is 0 Å². The van der Waals surface area contributed by atoms with Crippen LogP contribution in [-0.2, 0) is 65.4 Å². The van der Waals surface area contributed by atoms with Crippen molar-refractivity contribution in [3.8, 4) is 0 Å². The van der Waals surface area contributed by atoms with Gasteiger partial charge in [0.15, 0.2) is 12.2 Å². The van der Waals surface area contributed by atoms with Gasteiger partial charge in [-0.25, -0.2) is 9.13 Å². The maximum absolute atomic E-state index is 13.1. The Morgan fingerprint density at radius 2 is 0.489 bits per heavy atom. The summed E-state index contributed by atoms with van der Waals surface area (Å²) in [5.74, 6) is -1.40. The zero-order valence-corrected chi connectivity index (χ0v) is 62.9. The molecule has 0 aromatic rings. The van der Waals surface area contributed by atoms with Gasteiger partial charge in [-0.1, -0.05) is 343 Å². The van der Waals surface area contributed by atoms with E-state index < -0.39 is 97.5 Å². The lowest BCUT2D eigenvalue weighted by atomic mass is 10.0. The molecule has 0 aliphatic rings. The SMILES string of the molecule is CCCCCCCCCCCCCCCCCCCCCCCCC(=O)O[C@H](COC(=O)CCCCCCCCCCCCCCC)COP(=O)(O)OC[C@@H](O)COP(=O)(O)OC[C@@H](COC(=O)CCCCCCCCCC)OC(=O)CCCCCCCCCCC(C)C. The van der Waals surface area contributed by atoms with Gasteiger partial charge in [0.1, 0.15) is 19.3 Å². The number of carbonyl (C=O) groups excluding carboxylic acids is 4. The van der Waals surface area contributed by atoms with Crippen LogP contribution in [0.25, 0.3) is 0 Å². The summed E-state index contributed by atoms with van der Waals surface area (Å²) in [6, 6.07) is 0. The minimum absolute atomic E-state index is 0.105.